The highest BCUT2D eigenvalue weighted by Crippen LogP contribution is 2.62. The summed E-state index contributed by atoms with van der Waals surface area (Å²) < 4.78 is 18.7. The molecule has 2 nitrogen and oxygen atoms in total. The van der Waals surface area contributed by atoms with Crippen LogP contribution in [-0.2, 0) is 9.53 Å². The number of carbonyl (C=O) groups excluding carboxylic acids is 1. The van der Waals surface area contributed by atoms with Gasteiger partial charge in [-0.2, -0.15) is 0 Å². The normalized spacial score (nSPS) is 45.0. The number of benzene rings is 1. The van der Waals surface area contributed by atoms with Crippen LogP contribution in [0.1, 0.15) is 50.2 Å². The molecule has 2 atom stereocenters. The zero-order chi connectivity index (χ0) is 14.9. The highest BCUT2D eigenvalue weighted by atomic mass is 19.1. The highest BCUT2D eigenvalue weighted by molar-refractivity contribution is 5.92. The highest BCUT2D eigenvalue weighted by Gasteiger charge is 2.60. The minimum Gasteiger partial charge on any atom is -0.356 e. The van der Waals surface area contributed by atoms with Crippen molar-refractivity contribution in [1.29, 1.82) is 0 Å². The second kappa shape index (κ2) is 4.41. The summed E-state index contributed by atoms with van der Waals surface area (Å²) in [6, 6.07) is 6.38. The van der Waals surface area contributed by atoms with Gasteiger partial charge in [0.2, 0.25) is 0 Å². The second-order valence-electron chi connectivity index (χ2n) is 8.09. The molecule has 4 bridgehead atoms. The molecule has 4 aliphatic carbocycles. The number of Topliss-reactive ketones (excluding diaryl/α,β-unsaturated/α-hetero) is 1. The Morgan fingerprint density at radius 1 is 1.00 bits per heavy atom. The number of ether oxygens (including phenoxy) is 1. The third kappa shape index (κ3) is 1.91. The van der Waals surface area contributed by atoms with Crippen molar-refractivity contribution in [3.8, 4) is 0 Å². The zero-order valence-corrected chi connectivity index (χ0v) is 12.6. The summed E-state index contributed by atoms with van der Waals surface area (Å²) in [7, 11) is 0. The minimum absolute atomic E-state index is 0.0891. The Hall–Kier alpha value is -1.22. The topological polar surface area (TPSA) is 29.6 Å². The summed E-state index contributed by atoms with van der Waals surface area (Å²) in [5.74, 6) is 2.43. The molecule has 1 aliphatic heterocycles. The molecular weight excluding hydrogens is 279 g/mol. The van der Waals surface area contributed by atoms with Gasteiger partial charge in [0.15, 0.2) is 5.78 Å². The Labute approximate surface area is 130 Å². The fourth-order valence-electron chi connectivity index (χ4n) is 5.93. The molecule has 0 amide bonds. The van der Waals surface area contributed by atoms with Crippen LogP contribution in [0, 0.1) is 29.0 Å². The van der Waals surface area contributed by atoms with E-state index in [4.69, 9.17) is 4.74 Å². The smallest absolute Gasteiger partial charge is 0.170 e. The van der Waals surface area contributed by atoms with Gasteiger partial charge in [0.1, 0.15) is 18.0 Å². The monoisotopic (exact) mass is 300 g/mol. The molecule has 1 aromatic rings. The van der Waals surface area contributed by atoms with Crippen LogP contribution in [0.4, 0.5) is 4.39 Å². The molecule has 116 valence electrons. The van der Waals surface area contributed by atoms with Crippen LogP contribution in [0.15, 0.2) is 24.3 Å². The molecule has 3 heteroatoms. The maximum atomic E-state index is 13.1. The molecule has 0 unspecified atom stereocenters. The zero-order valence-electron chi connectivity index (χ0n) is 12.6. The van der Waals surface area contributed by atoms with Crippen LogP contribution >= 0.6 is 0 Å². The van der Waals surface area contributed by atoms with E-state index in [1.54, 1.807) is 12.1 Å². The van der Waals surface area contributed by atoms with Crippen LogP contribution < -0.4 is 0 Å². The van der Waals surface area contributed by atoms with Gasteiger partial charge < -0.3 is 4.74 Å². The lowest BCUT2D eigenvalue weighted by Gasteiger charge is -2.55. The largest absolute Gasteiger partial charge is 0.356 e. The van der Waals surface area contributed by atoms with Crippen LogP contribution in [0.2, 0.25) is 0 Å². The summed E-state index contributed by atoms with van der Waals surface area (Å²) in [4.78, 5) is 13.1. The van der Waals surface area contributed by atoms with Crippen LogP contribution in [0.25, 0.3) is 0 Å². The van der Waals surface area contributed by atoms with Gasteiger partial charge in [0.25, 0.3) is 0 Å². The summed E-state index contributed by atoms with van der Waals surface area (Å²) >= 11 is 0. The average molecular weight is 300 g/mol. The molecule has 5 fully saturated rings. The lowest BCUT2D eigenvalue weighted by Crippen LogP contribution is -2.51. The van der Waals surface area contributed by atoms with E-state index < -0.39 is 0 Å². The van der Waals surface area contributed by atoms with Crippen molar-refractivity contribution in [2.24, 2.45) is 23.2 Å². The standard InChI is InChI=1S/C19H21FO2/c20-15-3-1-14(2-4-15)16-17(22-16)18(21)19-8-11-5-12(9-19)7-13(6-11)10-19/h1-4,11-13,16-17H,5-10H2/t11?,12?,13?,16-,17-,19?/m1/s1. The van der Waals surface area contributed by atoms with Gasteiger partial charge in [-0.05, 0) is 74.0 Å². The molecule has 0 aromatic heterocycles. The van der Waals surface area contributed by atoms with Gasteiger partial charge >= 0.3 is 0 Å². The molecule has 22 heavy (non-hydrogen) atoms. The lowest BCUT2D eigenvalue weighted by atomic mass is 9.48. The summed E-state index contributed by atoms with van der Waals surface area (Å²) in [5.41, 5.74) is 0.846. The molecule has 0 N–H and O–H groups in total. The molecular formula is C19H21FO2. The number of hydrogen-bond acceptors (Lipinski definition) is 2. The fraction of sp³-hybridized carbons (Fsp3) is 0.632. The van der Waals surface area contributed by atoms with Gasteiger partial charge in [-0.25, -0.2) is 4.39 Å². The van der Waals surface area contributed by atoms with Gasteiger partial charge in [-0.3, -0.25) is 4.79 Å². The van der Waals surface area contributed by atoms with E-state index in [0.717, 1.165) is 42.6 Å². The van der Waals surface area contributed by atoms with E-state index in [1.165, 1.54) is 31.4 Å². The van der Waals surface area contributed by atoms with E-state index in [1.807, 2.05) is 0 Å². The van der Waals surface area contributed by atoms with Crippen molar-refractivity contribution in [3.05, 3.63) is 35.6 Å². The third-order valence-electron chi connectivity index (χ3n) is 6.51. The molecule has 5 aliphatic rings. The quantitative estimate of drug-likeness (QED) is 0.788. The molecule has 1 saturated heterocycles. The van der Waals surface area contributed by atoms with Gasteiger partial charge in [0, 0.05) is 5.41 Å². The predicted octanol–water partition coefficient (Wildman–Crippen LogP) is 4.05. The van der Waals surface area contributed by atoms with Crippen molar-refractivity contribution in [1.82, 2.24) is 0 Å². The lowest BCUT2D eigenvalue weighted by molar-refractivity contribution is -0.145. The van der Waals surface area contributed by atoms with Crippen LogP contribution in [-0.4, -0.2) is 11.9 Å². The Bertz CT molecular complexity index is 586. The number of ketones is 1. The number of rotatable bonds is 3. The van der Waals surface area contributed by atoms with E-state index in [0.29, 0.717) is 5.78 Å². The van der Waals surface area contributed by atoms with Gasteiger partial charge in [-0.15, -0.1) is 0 Å². The molecule has 4 saturated carbocycles. The van der Waals surface area contributed by atoms with E-state index in [-0.39, 0.29) is 23.4 Å². The Balaban J connectivity index is 1.36. The van der Waals surface area contributed by atoms with Crippen molar-refractivity contribution in [2.45, 2.75) is 50.7 Å². The van der Waals surface area contributed by atoms with E-state index in [2.05, 4.69) is 0 Å². The summed E-state index contributed by atoms with van der Waals surface area (Å²) in [6.45, 7) is 0. The number of carbonyl (C=O) groups is 1. The van der Waals surface area contributed by atoms with Gasteiger partial charge in [0.05, 0.1) is 0 Å². The summed E-state index contributed by atoms with van der Waals surface area (Å²) in [6.07, 6.45) is 6.90. The van der Waals surface area contributed by atoms with Crippen molar-refractivity contribution < 1.29 is 13.9 Å². The molecule has 1 aromatic carbocycles. The Kier molecular flexibility index (Phi) is 2.65. The molecule has 0 spiro atoms. The van der Waals surface area contributed by atoms with Gasteiger partial charge in [-0.1, -0.05) is 12.1 Å². The SMILES string of the molecule is O=C([C@@H]1O[C@@H]1c1ccc(F)cc1)C12CC3CC(CC(C3)C1)C2. The maximum absolute atomic E-state index is 13.1. The number of epoxide rings is 1. The van der Waals surface area contributed by atoms with Crippen molar-refractivity contribution in [2.75, 3.05) is 0 Å². The second-order valence-corrected chi connectivity index (χ2v) is 8.09. The van der Waals surface area contributed by atoms with E-state index in [9.17, 15) is 9.18 Å². The third-order valence-corrected chi connectivity index (χ3v) is 6.51. The average Bonchev–Trinajstić information content (AvgIpc) is 3.26. The fourth-order valence-corrected chi connectivity index (χ4v) is 5.93. The minimum atomic E-state index is -0.276. The molecule has 6 rings (SSSR count). The van der Waals surface area contributed by atoms with Crippen LogP contribution in [0.5, 0.6) is 0 Å². The van der Waals surface area contributed by atoms with E-state index >= 15 is 0 Å². The molecule has 0 radical (unpaired) electrons. The van der Waals surface area contributed by atoms with Crippen LogP contribution in [0.3, 0.4) is 0 Å². The Morgan fingerprint density at radius 3 is 2.09 bits per heavy atom. The van der Waals surface area contributed by atoms with Crippen molar-refractivity contribution in [3.63, 3.8) is 0 Å². The first-order valence-corrected chi connectivity index (χ1v) is 8.58. The number of halogens is 1. The first-order valence-electron chi connectivity index (χ1n) is 8.58. The summed E-state index contributed by atoms with van der Waals surface area (Å²) in [5, 5.41) is 0. The van der Waals surface area contributed by atoms with Crippen molar-refractivity contribution >= 4 is 5.78 Å². The maximum Gasteiger partial charge on any atom is 0.170 e. The first kappa shape index (κ1) is 13.2. The predicted molar refractivity (Wildman–Crippen MR) is 79.6 cm³/mol. The number of hydrogen-bond donors (Lipinski definition) is 0. The Morgan fingerprint density at radius 2 is 1.55 bits per heavy atom. The molecule has 1 heterocycles. The first-order chi connectivity index (χ1) is 10.6.